The van der Waals surface area contributed by atoms with E-state index < -0.39 is 0 Å². The second-order valence-electron chi connectivity index (χ2n) is 7.41. The van der Waals surface area contributed by atoms with Gasteiger partial charge in [-0.25, -0.2) is 14.6 Å². The molecular formula is C25H22N6OS. The summed E-state index contributed by atoms with van der Waals surface area (Å²) in [6, 6.07) is 23.8. The van der Waals surface area contributed by atoms with Crippen LogP contribution >= 0.6 is 11.8 Å². The third kappa shape index (κ3) is 5.12. The van der Waals surface area contributed by atoms with E-state index in [-0.39, 0.29) is 0 Å². The monoisotopic (exact) mass is 454 g/mol. The molecule has 0 aliphatic carbocycles. The van der Waals surface area contributed by atoms with E-state index in [0.29, 0.717) is 11.7 Å². The average molecular weight is 455 g/mol. The number of para-hydroxylation sites is 1. The molecule has 0 spiro atoms. The van der Waals surface area contributed by atoms with Crippen LogP contribution in [0.4, 0.5) is 0 Å². The minimum atomic E-state index is 0.497. The largest absolute Gasteiger partial charge is 0.439 e. The summed E-state index contributed by atoms with van der Waals surface area (Å²) in [5.41, 5.74) is 3.00. The van der Waals surface area contributed by atoms with E-state index >= 15 is 0 Å². The number of thioether (sulfide) groups is 1. The smallest absolute Gasteiger partial charge is 0.219 e. The zero-order valence-electron chi connectivity index (χ0n) is 18.1. The fourth-order valence-corrected chi connectivity index (χ4v) is 4.23. The number of hydrogen-bond donors (Lipinski definition) is 0. The van der Waals surface area contributed by atoms with E-state index in [9.17, 15) is 0 Å². The van der Waals surface area contributed by atoms with E-state index in [1.165, 1.54) is 5.56 Å². The Morgan fingerprint density at radius 2 is 1.73 bits per heavy atom. The first-order valence-corrected chi connectivity index (χ1v) is 11.7. The van der Waals surface area contributed by atoms with Crippen molar-refractivity contribution in [1.82, 2.24) is 29.5 Å². The fraction of sp³-hybridized carbons (Fsp3) is 0.120. The number of aryl methyl sites for hydroxylation is 1. The van der Waals surface area contributed by atoms with Gasteiger partial charge in [0.05, 0.1) is 18.1 Å². The van der Waals surface area contributed by atoms with Crippen molar-refractivity contribution in [3.05, 3.63) is 103 Å². The van der Waals surface area contributed by atoms with E-state index in [1.807, 2.05) is 66.5 Å². The second kappa shape index (κ2) is 9.70. The lowest BCUT2D eigenvalue weighted by Crippen LogP contribution is -2.01. The molecule has 0 amide bonds. The van der Waals surface area contributed by atoms with Crippen molar-refractivity contribution in [2.24, 2.45) is 7.05 Å². The van der Waals surface area contributed by atoms with Gasteiger partial charge in [0.15, 0.2) is 5.82 Å². The zero-order chi connectivity index (χ0) is 22.5. The number of rotatable bonds is 8. The Morgan fingerprint density at radius 3 is 2.48 bits per heavy atom. The van der Waals surface area contributed by atoms with Crippen molar-refractivity contribution in [3.63, 3.8) is 0 Å². The number of nitrogens with zero attached hydrogens (tertiary/aromatic N) is 6. The van der Waals surface area contributed by atoms with Gasteiger partial charge in [0.1, 0.15) is 17.3 Å². The van der Waals surface area contributed by atoms with Crippen LogP contribution in [0.3, 0.4) is 0 Å². The van der Waals surface area contributed by atoms with Gasteiger partial charge in [-0.2, -0.15) is 5.10 Å². The van der Waals surface area contributed by atoms with Gasteiger partial charge in [-0.3, -0.25) is 4.68 Å². The summed E-state index contributed by atoms with van der Waals surface area (Å²) >= 11 is 1.80. The van der Waals surface area contributed by atoms with E-state index in [0.717, 1.165) is 34.3 Å². The summed E-state index contributed by atoms with van der Waals surface area (Å²) in [6.45, 7) is 0. The summed E-state index contributed by atoms with van der Waals surface area (Å²) in [7, 11) is 1.89. The summed E-state index contributed by atoms with van der Waals surface area (Å²) in [5, 5.41) is 9.09. The number of ether oxygens (including phenoxy) is 1. The lowest BCUT2D eigenvalue weighted by Gasteiger charge is -2.04. The number of benzene rings is 2. The SMILES string of the molecule is Cn1cc(-n2nc(-c3ccnc(Oc4ccccc4)c3)nc2CSCc2ccccc2)cn1. The van der Waals surface area contributed by atoms with Crippen LogP contribution in [0.15, 0.2) is 91.4 Å². The molecule has 7 nitrogen and oxygen atoms in total. The van der Waals surface area contributed by atoms with Crippen molar-refractivity contribution in [2.75, 3.05) is 0 Å². The van der Waals surface area contributed by atoms with Crippen LogP contribution < -0.4 is 4.74 Å². The highest BCUT2D eigenvalue weighted by atomic mass is 32.2. The molecule has 0 radical (unpaired) electrons. The first-order valence-electron chi connectivity index (χ1n) is 10.5. The van der Waals surface area contributed by atoms with Gasteiger partial charge in [-0.1, -0.05) is 48.5 Å². The predicted molar refractivity (Wildman–Crippen MR) is 129 cm³/mol. The molecule has 0 bridgehead atoms. The van der Waals surface area contributed by atoms with Crippen molar-refractivity contribution in [2.45, 2.75) is 11.5 Å². The molecule has 8 heteroatoms. The van der Waals surface area contributed by atoms with Crippen molar-refractivity contribution >= 4 is 11.8 Å². The molecule has 164 valence electrons. The quantitative estimate of drug-likeness (QED) is 0.317. The van der Waals surface area contributed by atoms with Gasteiger partial charge in [0, 0.05) is 30.6 Å². The van der Waals surface area contributed by atoms with Crippen LogP contribution in [0.5, 0.6) is 11.6 Å². The lowest BCUT2D eigenvalue weighted by molar-refractivity contribution is 0.463. The molecule has 0 aliphatic heterocycles. The summed E-state index contributed by atoms with van der Waals surface area (Å²) in [6.07, 6.45) is 5.43. The van der Waals surface area contributed by atoms with Crippen LogP contribution in [0.25, 0.3) is 17.1 Å². The minimum absolute atomic E-state index is 0.497. The second-order valence-corrected chi connectivity index (χ2v) is 8.40. The highest BCUT2D eigenvalue weighted by Gasteiger charge is 2.15. The maximum absolute atomic E-state index is 5.89. The number of aromatic nitrogens is 6. The van der Waals surface area contributed by atoms with Gasteiger partial charge < -0.3 is 4.74 Å². The van der Waals surface area contributed by atoms with Crippen molar-refractivity contribution in [1.29, 1.82) is 0 Å². The number of pyridine rings is 1. The van der Waals surface area contributed by atoms with Gasteiger partial charge in [-0.05, 0) is 23.8 Å². The predicted octanol–water partition coefficient (Wildman–Crippen LogP) is 5.29. The maximum atomic E-state index is 5.89. The normalized spacial score (nSPS) is 10.9. The molecule has 0 N–H and O–H groups in total. The Kier molecular flexibility index (Phi) is 6.16. The lowest BCUT2D eigenvalue weighted by atomic mass is 10.2. The average Bonchev–Trinajstić information content (AvgIpc) is 3.47. The Bertz CT molecular complexity index is 1330. The van der Waals surface area contributed by atoms with E-state index in [4.69, 9.17) is 14.8 Å². The van der Waals surface area contributed by atoms with Crippen LogP contribution in [0, 0.1) is 0 Å². The molecular weight excluding hydrogens is 432 g/mol. The molecule has 0 atom stereocenters. The van der Waals surface area contributed by atoms with Crippen LogP contribution in [-0.4, -0.2) is 29.5 Å². The van der Waals surface area contributed by atoms with Gasteiger partial charge in [0.25, 0.3) is 0 Å². The Morgan fingerprint density at radius 1 is 0.939 bits per heavy atom. The summed E-state index contributed by atoms with van der Waals surface area (Å²) in [5.74, 6) is 4.33. The Balaban J connectivity index is 1.41. The molecule has 0 fully saturated rings. The Labute approximate surface area is 196 Å². The Hall–Kier alpha value is -3.91. The molecule has 33 heavy (non-hydrogen) atoms. The fourth-order valence-electron chi connectivity index (χ4n) is 3.33. The summed E-state index contributed by atoms with van der Waals surface area (Å²) in [4.78, 5) is 9.19. The van der Waals surface area contributed by atoms with Gasteiger partial charge in [0.2, 0.25) is 5.88 Å². The molecule has 5 aromatic rings. The summed E-state index contributed by atoms with van der Waals surface area (Å²) < 4.78 is 9.51. The van der Waals surface area contributed by atoms with E-state index in [1.54, 1.807) is 28.8 Å². The third-order valence-corrected chi connectivity index (χ3v) is 5.91. The van der Waals surface area contributed by atoms with Crippen LogP contribution in [0.2, 0.25) is 0 Å². The van der Waals surface area contributed by atoms with Crippen LogP contribution in [0.1, 0.15) is 11.4 Å². The first kappa shape index (κ1) is 21.0. The minimum Gasteiger partial charge on any atom is -0.439 e. The van der Waals surface area contributed by atoms with Gasteiger partial charge in [-0.15, -0.1) is 16.9 Å². The van der Waals surface area contributed by atoms with Crippen molar-refractivity contribution in [3.8, 4) is 28.7 Å². The van der Waals surface area contributed by atoms with Crippen LogP contribution in [-0.2, 0) is 18.6 Å². The maximum Gasteiger partial charge on any atom is 0.219 e. The topological polar surface area (TPSA) is 70.7 Å². The molecule has 3 aromatic heterocycles. The highest BCUT2D eigenvalue weighted by molar-refractivity contribution is 7.97. The highest BCUT2D eigenvalue weighted by Crippen LogP contribution is 2.26. The zero-order valence-corrected chi connectivity index (χ0v) is 18.9. The van der Waals surface area contributed by atoms with E-state index in [2.05, 4.69) is 34.3 Å². The molecule has 5 rings (SSSR count). The third-order valence-electron chi connectivity index (χ3n) is 4.91. The number of hydrogen-bond acceptors (Lipinski definition) is 6. The first-order chi connectivity index (χ1) is 16.2. The van der Waals surface area contributed by atoms with Gasteiger partial charge >= 0.3 is 0 Å². The molecule has 0 saturated heterocycles. The standard InChI is InChI=1S/C25H22N6OS/c1-30-16-21(15-27-30)31-23(18-33-17-19-8-4-2-5-9-19)28-25(29-31)20-12-13-26-24(14-20)32-22-10-6-3-7-11-22/h2-16H,17-18H2,1H3. The molecule has 0 aliphatic rings. The van der Waals surface area contributed by atoms with Crippen molar-refractivity contribution < 1.29 is 4.74 Å². The molecule has 3 heterocycles. The molecule has 0 unspecified atom stereocenters. The molecule has 2 aromatic carbocycles. The molecule has 0 saturated carbocycles.